The van der Waals surface area contributed by atoms with Crippen molar-refractivity contribution in [3.63, 3.8) is 0 Å². The molecule has 0 saturated heterocycles. The van der Waals surface area contributed by atoms with Gasteiger partial charge < -0.3 is 4.74 Å². The lowest BCUT2D eigenvalue weighted by Gasteiger charge is -2.19. The third kappa shape index (κ3) is 3.80. The first kappa shape index (κ1) is 15.9. The van der Waals surface area contributed by atoms with Crippen molar-refractivity contribution < 1.29 is 9.53 Å². The predicted molar refractivity (Wildman–Crippen MR) is 83.6 cm³/mol. The third-order valence-corrected chi connectivity index (χ3v) is 3.72. The van der Waals surface area contributed by atoms with Gasteiger partial charge in [-0.05, 0) is 6.07 Å². The van der Waals surface area contributed by atoms with Crippen LogP contribution in [0, 0.1) is 0 Å². The van der Waals surface area contributed by atoms with E-state index in [0.29, 0.717) is 10.6 Å². The summed E-state index contributed by atoms with van der Waals surface area (Å²) in [6, 6.07) is 11.8. The second-order valence-electron chi connectivity index (χ2n) is 4.11. The van der Waals surface area contributed by atoms with Crippen LogP contribution in [-0.4, -0.2) is 5.91 Å². The van der Waals surface area contributed by atoms with Crippen molar-refractivity contribution in [3.05, 3.63) is 63.1 Å². The highest BCUT2D eigenvalue weighted by molar-refractivity contribution is 6.43. The van der Waals surface area contributed by atoms with E-state index in [9.17, 15) is 4.79 Å². The molecule has 7 heteroatoms. The zero-order valence-corrected chi connectivity index (χ0v) is 12.9. The van der Waals surface area contributed by atoms with Gasteiger partial charge >= 0.3 is 0 Å². The van der Waals surface area contributed by atoms with Crippen LogP contribution in [0.5, 0.6) is 5.75 Å². The number of halogens is 3. The van der Waals surface area contributed by atoms with Gasteiger partial charge in [0.2, 0.25) is 6.10 Å². The van der Waals surface area contributed by atoms with E-state index < -0.39 is 12.0 Å². The summed E-state index contributed by atoms with van der Waals surface area (Å²) < 4.78 is 5.65. The number of nitrogens with one attached hydrogen (secondary N) is 1. The summed E-state index contributed by atoms with van der Waals surface area (Å²) in [5.74, 6) is 4.92. The molecule has 4 nitrogen and oxygen atoms in total. The number of amides is 1. The van der Waals surface area contributed by atoms with Crippen LogP contribution >= 0.6 is 34.8 Å². The van der Waals surface area contributed by atoms with E-state index in [4.69, 9.17) is 45.4 Å². The number of carbonyl (C=O) groups excluding carboxylic acids is 1. The van der Waals surface area contributed by atoms with Crippen LogP contribution in [0.4, 0.5) is 0 Å². The molecule has 2 aromatic carbocycles. The lowest BCUT2D eigenvalue weighted by molar-refractivity contribution is -0.128. The maximum atomic E-state index is 11.9. The molecule has 1 atom stereocenters. The largest absolute Gasteiger partial charge is 0.474 e. The monoisotopic (exact) mass is 344 g/mol. The minimum Gasteiger partial charge on any atom is -0.474 e. The molecule has 0 bridgehead atoms. The minimum atomic E-state index is -0.953. The highest BCUT2D eigenvalue weighted by Crippen LogP contribution is 2.36. The highest BCUT2D eigenvalue weighted by Gasteiger charge is 2.23. The fraction of sp³-hybridized carbons (Fsp3) is 0.0714. The maximum Gasteiger partial charge on any atom is 0.279 e. The van der Waals surface area contributed by atoms with Crippen molar-refractivity contribution in [2.24, 2.45) is 5.84 Å². The second-order valence-corrected chi connectivity index (χ2v) is 5.34. The van der Waals surface area contributed by atoms with Crippen molar-refractivity contribution in [3.8, 4) is 5.75 Å². The fourth-order valence-corrected chi connectivity index (χ4v) is 2.28. The van der Waals surface area contributed by atoms with Gasteiger partial charge in [-0.15, -0.1) is 0 Å². The van der Waals surface area contributed by atoms with E-state index >= 15 is 0 Å². The van der Waals surface area contributed by atoms with Crippen molar-refractivity contribution in [1.29, 1.82) is 0 Å². The van der Waals surface area contributed by atoms with Crippen LogP contribution in [0.2, 0.25) is 15.1 Å². The molecular weight excluding hydrogens is 335 g/mol. The van der Waals surface area contributed by atoms with Crippen LogP contribution in [0.15, 0.2) is 42.5 Å². The normalized spacial score (nSPS) is 11.8. The van der Waals surface area contributed by atoms with E-state index in [2.05, 4.69) is 5.43 Å². The number of hydrazine groups is 1. The Hall–Kier alpha value is -1.46. The third-order valence-electron chi connectivity index (χ3n) is 2.70. The highest BCUT2D eigenvalue weighted by atomic mass is 35.5. The molecule has 1 amide bonds. The molecular formula is C14H11Cl3N2O2. The topological polar surface area (TPSA) is 64.3 Å². The minimum absolute atomic E-state index is 0.239. The van der Waals surface area contributed by atoms with E-state index in [-0.39, 0.29) is 15.8 Å². The zero-order chi connectivity index (χ0) is 15.4. The number of carbonyl (C=O) groups is 1. The number of benzene rings is 2. The molecule has 1 unspecified atom stereocenters. The molecule has 110 valence electrons. The first-order valence-electron chi connectivity index (χ1n) is 5.89. The molecule has 21 heavy (non-hydrogen) atoms. The fourth-order valence-electron chi connectivity index (χ4n) is 1.70. The smallest absolute Gasteiger partial charge is 0.279 e. The van der Waals surface area contributed by atoms with Crippen LogP contribution in [0.3, 0.4) is 0 Å². The first-order valence-corrected chi connectivity index (χ1v) is 7.03. The average Bonchev–Trinajstić information content (AvgIpc) is 2.49. The van der Waals surface area contributed by atoms with Crippen molar-refractivity contribution in [2.45, 2.75) is 6.10 Å². The maximum absolute atomic E-state index is 11.9. The summed E-state index contributed by atoms with van der Waals surface area (Å²) >= 11 is 17.8. The van der Waals surface area contributed by atoms with Crippen molar-refractivity contribution in [1.82, 2.24) is 5.43 Å². The Labute approximate surface area is 136 Å². The summed E-state index contributed by atoms with van der Waals surface area (Å²) in [5, 5.41) is 0.819. The van der Waals surface area contributed by atoms with E-state index in [1.54, 1.807) is 24.3 Å². The van der Waals surface area contributed by atoms with Gasteiger partial charge in [0, 0.05) is 11.6 Å². The number of nitrogens with two attached hydrogens (primary N) is 1. The van der Waals surface area contributed by atoms with Crippen LogP contribution in [0.1, 0.15) is 11.7 Å². The van der Waals surface area contributed by atoms with E-state index in [1.807, 2.05) is 6.07 Å². The standard InChI is InChI=1S/C14H11Cl3N2O2/c15-9-6-11(17)12(7-10(9)16)21-13(14(20)19-18)8-4-2-1-3-5-8/h1-7,13H,18H2,(H,19,20). The Kier molecular flexibility index (Phi) is 5.31. The molecule has 0 aromatic heterocycles. The Morgan fingerprint density at radius 3 is 2.29 bits per heavy atom. The van der Waals surface area contributed by atoms with Gasteiger partial charge in [0.25, 0.3) is 5.91 Å². The Morgan fingerprint density at radius 1 is 1.05 bits per heavy atom. The molecule has 0 saturated carbocycles. The predicted octanol–water partition coefficient (Wildman–Crippen LogP) is 3.76. The number of ether oxygens (including phenoxy) is 1. The number of hydrogen-bond acceptors (Lipinski definition) is 3. The van der Waals surface area contributed by atoms with Gasteiger partial charge in [-0.3, -0.25) is 10.2 Å². The van der Waals surface area contributed by atoms with Gasteiger partial charge in [-0.1, -0.05) is 65.1 Å². The molecule has 2 aromatic rings. The van der Waals surface area contributed by atoms with Gasteiger partial charge in [-0.2, -0.15) is 0 Å². The summed E-state index contributed by atoms with van der Waals surface area (Å²) in [6.07, 6.45) is -0.953. The zero-order valence-electron chi connectivity index (χ0n) is 10.6. The molecule has 0 fully saturated rings. The van der Waals surface area contributed by atoms with Gasteiger partial charge in [0.05, 0.1) is 15.1 Å². The molecule has 0 heterocycles. The Morgan fingerprint density at radius 2 is 1.67 bits per heavy atom. The number of hydrogen-bond donors (Lipinski definition) is 2. The van der Waals surface area contributed by atoms with E-state index in [0.717, 1.165) is 0 Å². The molecule has 0 spiro atoms. The van der Waals surface area contributed by atoms with Gasteiger partial charge in [-0.25, -0.2) is 5.84 Å². The van der Waals surface area contributed by atoms with Crippen molar-refractivity contribution >= 4 is 40.7 Å². The molecule has 3 N–H and O–H groups in total. The van der Waals surface area contributed by atoms with Crippen LogP contribution in [0.25, 0.3) is 0 Å². The molecule has 0 aliphatic rings. The molecule has 2 rings (SSSR count). The second kappa shape index (κ2) is 7.00. The molecule has 0 aliphatic heterocycles. The average molecular weight is 346 g/mol. The Balaban J connectivity index is 2.36. The van der Waals surface area contributed by atoms with Crippen molar-refractivity contribution in [2.75, 3.05) is 0 Å². The quantitative estimate of drug-likeness (QED) is 0.384. The lowest BCUT2D eigenvalue weighted by Crippen LogP contribution is -2.37. The Bertz CT molecular complexity index is 650. The lowest BCUT2D eigenvalue weighted by atomic mass is 10.1. The summed E-state index contributed by atoms with van der Waals surface area (Å²) in [4.78, 5) is 11.9. The van der Waals surface area contributed by atoms with Crippen LogP contribution in [-0.2, 0) is 4.79 Å². The molecule has 0 aliphatic carbocycles. The summed E-state index contributed by atoms with van der Waals surface area (Å²) in [5.41, 5.74) is 2.69. The van der Waals surface area contributed by atoms with Crippen LogP contribution < -0.4 is 16.0 Å². The number of rotatable bonds is 4. The van der Waals surface area contributed by atoms with Gasteiger partial charge in [0.1, 0.15) is 5.75 Å². The first-order chi connectivity index (χ1) is 10.0. The summed E-state index contributed by atoms with van der Waals surface area (Å²) in [7, 11) is 0. The van der Waals surface area contributed by atoms with Gasteiger partial charge in [0.15, 0.2) is 0 Å². The molecule has 0 radical (unpaired) electrons. The summed E-state index contributed by atoms with van der Waals surface area (Å²) in [6.45, 7) is 0. The SMILES string of the molecule is NNC(=O)C(Oc1cc(Cl)c(Cl)cc1Cl)c1ccccc1. The van der Waals surface area contributed by atoms with E-state index in [1.165, 1.54) is 12.1 Å².